The second-order valence-electron chi connectivity index (χ2n) is 5.72. The van der Waals surface area contributed by atoms with Crippen LogP contribution in [0.4, 0.5) is 0 Å². The molecule has 3 rings (SSSR count). The summed E-state index contributed by atoms with van der Waals surface area (Å²) in [6, 6.07) is 17.7. The van der Waals surface area contributed by atoms with Gasteiger partial charge in [0.25, 0.3) is 0 Å². The maximum absolute atomic E-state index is 3.56. The van der Waals surface area contributed by atoms with E-state index in [1.807, 2.05) is 0 Å². The van der Waals surface area contributed by atoms with E-state index in [1.54, 1.807) is 11.1 Å². The summed E-state index contributed by atoms with van der Waals surface area (Å²) in [4.78, 5) is 0. The van der Waals surface area contributed by atoms with Crippen LogP contribution < -0.4 is 5.32 Å². The second-order valence-corrected chi connectivity index (χ2v) is 5.72. The molecule has 0 spiro atoms. The molecule has 1 nitrogen and oxygen atoms in total. The Morgan fingerprint density at radius 1 is 0.850 bits per heavy atom. The molecule has 1 N–H and O–H groups in total. The van der Waals surface area contributed by atoms with Gasteiger partial charge in [0.05, 0.1) is 0 Å². The maximum Gasteiger partial charge on any atom is 0.0205 e. The molecule has 0 saturated carbocycles. The molecular weight excluding hydrogens is 242 g/mol. The number of benzene rings is 2. The van der Waals surface area contributed by atoms with Crippen LogP contribution in [0.15, 0.2) is 48.5 Å². The third-order valence-electron chi connectivity index (χ3n) is 4.15. The van der Waals surface area contributed by atoms with E-state index in [0.29, 0.717) is 0 Å². The number of fused-ring (bicyclic) bond motifs is 1. The lowest BCUT2D eigenvalue weighted by molar-refractivity contribution is 0.649. The normalized spacial score (nSPS) is 13.4. The number of hydrogen-bond acceptors (Lipinski definition) is 1. The minimum absolute atomic E-state index is 1.00. The monoisotopic (exact) mass is 265 g/mol. The van der Waals surface area contributed by atoms with E-state index in [2.05, 4.69) is 53.8 Å². The molecule has 1 aliphatic carbocycles. The topological polar surface area (TPSA) is 12.0 Å². The van der Waals surface area contributed by atoms with E-state index in [0.717, 1.165) is 19.5 Å². The first kappa shape index (κ1) is 13.4. The second kappa shape index (κ2) is 6.71. The van der Waals surface area contributed by atoms with Gasteiger partial charge in [-0.05, 0) is 60.9 Å². The van der Waals surface area contributed by atoms with Crippen LogP contribution in [0.25, 0.3) is 0 Å². The lowest BCUT2D eigenvalue weighted by Crippen LogP contribution is -2.15. The maximum atomic E-state index is 3.56. The van der Waals surface area contributed by atoms with Crippen LogP contribution in [0.3, 0.4) is 0 Å². The van der Waals surface area contributed by atoms with Gasteiger partial charge in [-0.25, -0.2) is 0 Å². The van der Waals surface area contributed by atoms with Gasteiger partial charge in [-0.1, -0.05) is 48.5 Å². The molecule has 0 aromatic heterocycles. The highest BCUT2D eigenvalue weighted by atomic mass is 14.8. The average Bonchev–Trinajstić information content (AvgIpc) is 2.95. The predicted octanol–water partition coefficient (Wildman–Crippen LogP) is 3.90. The standard InChI is InChI=1S/C19H23N/c1-2-6-16(7-3-1)8-5-13-20-15-17-11-12-18-9-4-10-19(18)14-17/h1-3,6-7,11-12,14,20H,4-5,8-10,13,15H2. The van der Waals surface area contributed by atoms with Crippen molar-refractivity contribution < 1.29 is 0 Å². The summed E-state index contributed by atoms with van der Waals surface area (Å²) in [6.45, 7) is 2.09. The van der Waals surface area contributed by atoms with Gasteiger partial charge in [0.1, 0.15) is 0 Å². The van der Waals surface area contributed by atoms with Gasteiger partial charge in [-0.3, -0.25) is 0 Å². The molecule has 0 fully saturated rings. The summed E-state index contributed by atoms with van der Waals surface area (Å²) in [6.07, 6.45) is 6.26. The van der Waals surface area contributed by atoms with Crippen LogP contribution in [0, 0.1) is 0 Å². The minimum atomic E-state index is 1.00. The number of aryl methyl sites for hydroxylation is 3. The Kier molecular flexibility index (Phi) is 4.49. The zero-order chi connectivity index (χ0) is 13.6. The fourth-order valence-corrected chi connectivity index (χ4v) is 3.03. The summed E-state index contributed by atoms with van der Waals surface area (Å²) in [5, 5.41) is 3.56. The molecule has 0 saturated heterocycles. The third-order valence-corrected chi connectivity index (χ3v) is 4.15. The average molecular weight is 265 g/mol. The van der Waals surface area contributed by atoms with Crippen LogP contribution >= 0.6 is 0 Å². The molecule has 1 aliphatic rings. The van der Waals surface area contributed by atoms with Gasteiger partial charge < -0.3 is 5.32 Å². The largest absolute Gasteiger partial charge is 0.313 e. The molecule has 2 aromatic rings. The zero-order valence-electron chi connectivity index (χ0n) is 12.1. The van der Waals surface area contributed by atoms with E-state index >= 15 is 0 Å². The summed E-state index contributed by atoms with van der Waals surface area (Å²) >= 11 is 0. The van der Waals surface area contributed by atoms with E-state index in [-0.39, 0.29) is 0 Å². The Morgan fingerprint density at radius 2 is 1.70 bits per heavy atom. The Hall–Kier alpha value is -1.60. The highest BCUT2D eigenvalue weighted by molar-refractivity contribution is 5.35. The quantitative estimate of drug-likeness (QED) is 0.781. The number of hydrogen-bond donors (Lipinski definition) is 1. The van der Waals surface area contributed by atoms with Gasteiger partial charge in [-0.15, -0.1) is 0 Å². The van der Waals surface area contributed by atoms with E-state index in [4.69, 9.17) is 0 Å². The Morgan fingerprint density at radius 3 is 2.60 bits per heavy atom. The van der Waals surface area contributed by atoms with E-state index in [9.17, 15) is 0 Å². The summed E-state index contributed by atoms with van der Waals surface area (Å²) in [7, 11) is 0. The summed E-state index contributed by atoms with van der Waals surface area (Å²) in [5.41, 5.74) is 6.02. The van der Waals surface area contributed by atoms with E-state index < -0.39 is 0 Å². The van der Waals surface area contributed by atoms with Crippen LogP contribution in [-0.2, 0) is 25.8 Å². The van der Waals surface area contributed by atoms with Crippen molar-refractivity contribution in [2.24, 2.45) is 0 Å². The van der Waals surface area contributed by atoms with Crippen molar-refractivity contribution in [3.63, 3.8) is 0 Å². The van der Waals surface area contributed by atoms with Crippen molar-refractivity contribution in [1.82, 2.24) is 5.32 Å². The molecule has 0 atom stereocenters. The molecular formula is C19H23N. The van der Waals surface area contributed by atoms with Gasteiger partial charge >= 0.3 is 0 Å². The molecule has 2 aromatic carbocycles. The highest BCUT2D eigenvalue weighted by Gasteiger charge is 2.10. The molecule has 1 heteroatoms. The van der Waals surface area contributed by atoms with Crippen LogP contribution in [-0.4, -0.2) is 6.54 Å². The minimum Gasteiger partial charge on any atom is -0.313 e. The van der Waals surface area contributed by atoms with Crippen molar-refractivity contribution in [1.29, 1.82) is 0 Å². The molecule has 0 bridgehead atoms. The lowest BCUT2D eigenvalue weighted by Gasteiger charge is -2.07. The number of nitrogens with one attached hydrogen (secondary N) is 1. The van der Waals surface area contributed by atoms with Gasteiger partial charge in [0, 0.05) is 6.54 Å². The van der Waals surface area contributed by atoms with Crippen molar-refractivity contribution in [2.75, 3.05) is 6.54 Å². The van der Waals surface area contributed by atoms with Crippen molar-refractivity contribution in [3.05, 3.63) is 70.8 Å². The first-order valence-corrected chi connectivity index (χ1v) is 7.77. The molecule has 20 heavy (non-hydrogen) atoms. The van der Waals surface area contributed by atoms with Crippen LogP contribution in [0.1, 0.15) is 35.1 Å². The fourth-order valence-electron chi connectivity index (χ4n) is 3.03. The van der Waals surface area contributed by atoms with Crippen molar-refractivity contribution in [3.8, 4) is 0 Å². The van der Waals surface area contributed by atoms with Gasteiger partial charge in [0.15, 0.2) is 0 Å². The number of rotatable bonds is 6. The SMILES string of the molecule is c1ccc(CCCNCc2ccc3c(c2)CCC3)cc1. The van der Waals surface area contributed by atoms with Crippen molar-refractivity contribution >= 4 is 0 Å². The highest BCUT2D eigenvalue weighted by Crippen LogP contribution is 2.22. The van der Waals surface area contributed by atoms with Gasteiger partial charge in [0.2, 0.25) is 0 Å². The molecule has 0 amide bonds. The zero-order valence-corrected chi connectivity index (χ0v) is 12.1. The molecule has 0 unspecified atom stereocenters. The Bertz CT molecular complexity index is 545. The fraction of sp³-hybridized carbons (Fsp3) is 0.368. The van der Waals surface area contributed by atoms with Crippen LogP contribution in [0.2, 0.25) is 0 Å². The Labute approximate surface area is 122 Å². The van der Waals surface area contributed by atoms with Crippen molar-refractivity contribution in [2.45, 2.75) is 38.6 Å². The predicted molar refractivity (Wildman–Crippen MR) is 84.9 cm³/mol. The third kappa shape index (κ3) is 3.49. The molecule has 0 aliphatic heterocycles. The molecule has 0 heterocycles. The van der Waals surface area contributed by atoms with Crippen LogP contribution in [0.5, 0.6) is 0 Å². The Balaban J connectivity index is 1.40. The first-order chi connectivity index (χ1) is 9.92. The summed E-state index contributed by atoms with van der Waals surface area (Å²) in [5.74, 6) is 0. The lowest BCUT2D eigenvalue weighted by atomic mass is 10.1. The van der Waals surface area contributed by atoms with E-state index in [1.165, 1.54) is 36.8 Å². The first-order valence-electron chi connectivity index (χ1n) is 7.77. The van der Waals surface area contributed by atoms with Gasteiger partial charge in [-0.2, -0.15) is 0 Å². The molecule has 0 radical (unpaired) electrons. The molecule has 104 valence electrons. The smallest absolute Gasteiger partial charge is 0.0205 e. The summed E-state index contributed by atoms with van der Waals surface area (Å²) < 4.78 is 0.